The van der Waals surface area contributed by atoms with Crippen LogP contribution < -0.4 is 5.32 Å². The molecular formula is C18H33NO2. The average Bonchev–Trinajstić information content (AvgIpc) is 2.51. The Morgan fingerprint density at radius 2 is 1.67 bits per heavy atom. The minimum Gasteiger partial charge on any atom is -0.381 e. The highest BCUT2D eigenvalue weighted by Crippen LogP contribution is 2.42. The van der Waals surface area contributed by atoms with E-state index in [2.05, 4.69) is 19.3 Å². The van der Waals surface area contributed by atoms with Gasteiger partial charge in [-0.3, -0.25) is 0 Å². The molecule has 122 valence electrons. The third-order valence-electron chi connectivity index (χ3n) is 6.34. The first-order chi connectivity index (χ1) is 10.2. The molecule has 2 aliphatic heterocycles. The van der Waals surface area contributed by atoms with Crippen molar-refractivity contribution >= 4 is 0 Å². The van der Waals surface area contributed by atoms with Crippen LogP contribution in [0.4, 0.5) is 0 Å². The summed E-state index contributed by atoms with van der Waals surface area (Å²) in [5.41, 5.74) is 0.137. The maximum Gasteiger partial charge on any atom is 0.0729 e. The van der Waals surface area contributed by atoms with Crippen molar-refractivity contribution in [3.05, 3.63) is 0 Å². The second-order valence-corrected chi connectivity index (χ2v) is 7.73. The van der Waals surface area contributed by atoms with Crippen LogP contribution in [0.1, 0.15) is 58.3 Å². The number of hydrogen-bond acceptors (Lipinski definition) is 3. The monoisotopic (exact) mass is 295 g/mol. The van der Waals surface area contributed by atoms with E-state index in [1.807, 2.05) is 0 Å². The Morgan fingerprint density at radius 3 is 2.33 bits per heavy atom. The van der Waals surface area contributed by atoms with Crippen LogP contribution in [0.3, 0.4) is 0 Å². The van der Waals surface area contributed by atoms with Crippen molar-refractivity contribution in [2.75, 3.05) is 26.9 Å². The minimum absolute atomic E-state index is 0.137. The van der Waals surface area contributed by atoms with Gasteiger partial charge in [0, 0.05) is 25.9 Å². The standard InChI is InChI=1S/C18H33NO2/c1-14-3-5-15(6-4-14)17(19-2)16-7-10-21-18(13-16)8-11-20-12-9-18/h14-17,19H,3-13H2,1-2H3. The van der Waals surface area contributed by atoms with Crippen LogP contribution in [-0.2, 0) is 9.47 Å². The molecule has 2 atom stereocenters. The molecule has 3 nitrogen and oxygen atoms in total. The van der Waals surface area contributed by atoms with Crippen molar-refractivity contribution in [3.63, 3.8) is 0 Å². The van der Waals surface area contributed by atoms with E-state index >= 15 is 0 Å². The second-order valence-electron chi connectivity index (χ2n) is 7.73. The fourth-order valence-corrected chi connectivity index (χ4v) is 4.97. The highest BCUT2D eigenvalue weighted by molar-refractivity contribution is 4.95. The van der Waals surface area contributed by atoms with Crippen LogP contribution in [0, 0.1) is 17.8 Å². The molecule has 0 bridgehead atoms. The first kappa shape index (κ1) is 15.8. The number of ether oxygens (including phenoxy) is 2. The maximum atomic E-state index is 6.23. The predicted octanol–water partition coefficient (Wildman–Crippen LogP) is 3.38. The SMILES string of the molecule is CNC(C1CCC(C)CC1)C1CCOC2(CCOCC2)C1. The molecule has 3 heteroatoms. The summed E-state index contributed by atoms with van der Waals surface area (Å²) in [7, 11) is 2.18. The van der Waals surface area contributed by atoms with Gasteiger partial charge >= 0.3 is 0 Å². The van der Waals surface area contributed by atoms with Crippen LogP contribution in [0.5, 0.6) is 0 Å². The summed E-state index contributed by atoms with van der Waals surface area (Å²) in [5.74, 6) is 2.61. The summed E-state index contributed by atoms with van der Waals surface area (Å²) in [4.78, 5) is 0. The lowest BCUT2D eigenvalue weighted by Crippen LogP contribution is -2.51. The van der Waals surface area contributed by atoms with Gasteiger partial charge in [0.1, 0.15) is 0 Å². The fraction of sp³-hybridized carbons (Fsp3) is 1.00. The first-order valence-electron chi connectivity index (χ1n) is 9.11. The van der Waals surface area contributed by atoms with Gasteiger partial charge in [0.05, 0.1) is 5.60 Å². The fourth-order valence-electron chi connectivity index (χ4n) is 4.97. The normalized spacial score (nSPS) is 38.3. The Hall–Kier alpha value is -0.120. The molecule has 1 spiro atoms. The van der Waals surface area contributed by atoms with Gasteiger partial charge in [-0.25, -0.2) is 0 Å². The zero-order chi connectivity index (χ0) is 14.7. The summed E-state index contributed by atoms with van der Waals surface area (Å²) in [6.45, 7) is 5.14. The summed E-state index contributed by atoms with van der Waals surface area (Å²) in [6.07, 6.45) is 10.4. The van der Waals surface area contributed by atoms with E-state index < -0.39 is 0 Å². The molecule has 21 heavy (non-hydrogen) atoms. The molecular weight excluding hydrogens is 262 g/mol. The highest BCUT2D eigenvalue weighted by Gasteiger charge is 2.42. The minimum atomic E-state index is 0.137. The molecule has 2 saturated heterocycles. The van der Waals surface area contributed by atoms with Crippen molar-refractivity contribution in [3.8, 4) is 0 Å². The van der Waals surface area contributed by atoms with E-state index in [4.69, 9.17) is 9.47 Å². The summed E-state index contributed by atoms with van der Waals surface area (Å²) in [5, 5.41) is 3.69. The van der Waals surface area contributed by atoms with E-state index in [9.17, 15) is 0 Å². The van der Waals surface area contributed by atoms with Crippen LogP contribution in [0.15, 0.2) is 0 Å². The number of nitrogens with one attached hydrogen (secondary N) is 1. The van der Waals surface area contributed by atoms with Crippen molar-refractivity contribution < 1.29 is 9.47 Å². The van der Waals surface area contributed by atoms with Crippen molar-refractivity contribution in [2.45, 2.75) is 69.9 Å². The Balaban J connectivity index is 1.63. The van der Waals surface area contributed by atoms with Gasteiger partial charge in [-0.15, -0.1) is 0 Å². The Bertz CT molecular complexity index is 314. The molecule has 3 aliphatic rings. The van der Waals surface area contributed by atoms with E-state index in [1.54, 1.807) is 0 Å². The van der Waals surface area contributed by atoms with E-state index in [1.165, 1.54) is 38.5 Å². The van der Waals surface area contributed by atoms with Crippen molar-refractivity contribution in [1.29, 1.82) is 0 Å². The van der Waals surface area contributed by atoms with Gasteiger partial charge in [0.15, 0.2) is 0 Å². The Labute approximate surface area is 130 Å². The zero-order valence-electron chi connectivity index (χ0n) is 13.9. The molecule has 0 aromatic carbocycles. The number of rotatable bonds is 3. The summed E-state index contributed by atoms with van der Waals surface area (Å²) < 4.78 is 11.8. The van der Waals surface area contributed by atoms with E-state index in [0.717, 1.165) is 50.4 Å². The lowest BCUT2D eigenvalue weighted by molar-refractivity contribution is -0.152. The zero-order valence-corrected chi connectivity index (χ0v) is 13.9. The van der Waals surface area contributed by atoms with Gasteiger partial charge in [0.2, 0.25) is 0 Å². The molecule has 0 aromatic heterocycles. The van der Waals surface area contributed by atoms with Crippen LogP contribution in [0.2, 0.25) is 0 Å². The molecule has 0 amide bonds. The topological polar surface area (TPSA) is 30.5 Å². The predicted molar refractivity (Wildman–Crippen MR) is 85.4 cm³/mol. The second kappa shape index (κ2) is 6.97. The van der Waals surface area contributed by atoms with Crippen molar-refractivity contribution in [1.82, 2.24) is 5.32 Å². The lowest BCUT2D eigenvalue weighted by Gasteiger charge is -2.47. The smallest absolute Gasteiger partial charge is 0.0729 e. The van der Waals surface area contributed by atoms with Gasteiger partial charge in [-0.05, 0) is 63.3 Å². The molecule has 1 saturated carbocycles. The lowest BCUT2D eigenvalue weighted by atomic mass is 9.70. The molecule has 2 heterocycles. The third kappa shape index (κ3) is 3.62. The molecule has 2 unspecified atom stereocenters. The molecule has 3 fully saturated rings. The van der Waals surface area contributed by atoms with Gasteiger partial charge < -0.3 is 14.8 Å². The van der Waals surface area contributed by atoms with Crippen LogP contribution in [0.25, 0.3) is 0 Å². The summed E-state index contributed by atoms with van der Waals surface area (Å²) >= 11 is 0. The molecule has 0 aromatic rings. The Morgan fingerprint density at radius 1 is 0.952 bits per heavy atom. The largest absolute Gasteiger partial charge is 0.381 e. The quantitative estimate of drug-likeness (QED) is 0.866. The maximum absolute atomic E-state index is 6.23. The number of hydrogen-bond donors (Lipinski definition) is 1. The van der Waals surface area contributed by atoms with Gasteiger partial charge in [-0.2, -0.15) is 0 Å². The molecule has 1 aliphatic carbocycles. The van der Waals surface area contributed by atoms with Crippen LogP contribution >= 0.6 is 0 Å². The average molecular weight is 295 g/mol. The third-order valence-corrected chi connectivity index (χ3v) is 6.34. The Kier molecular flexibility index (Phi) is 5.23. The first-order valence-corrected chi connectivity index (χ1v) is 9.11. The molecule has 1 N–H and O–H groups in total. The van der Waals surface area contributed by atoms with Crippen LogP contribution in [-0.4, -0.2) is 38.5 Å². The van der Waals surface area contributed by atoms with Gasteiger partial charge in [0.25, 0.3) is 0 Å². The molecule has 0 radical (unpaired) electrons. The summed E-state index contributed by atoms with van der Waals surface area (Å²) in [6, 6.07) is 0.695. The molecule has 3 rings (SSSR count). The van der Waals surface area contributed by atoms with Gasteiger partial charge in [-0.1, -0.05) is 19.8 Å². The van der Waals surface area contributed by atoms with Crippen molar-refractivity contribution in [2.24, 2.45) is 17.8 Å². The van der Waals surface area contributed by atoms with E-state index in [-0.39, 0.29) is 5.60 Å². The van der Waals surface area contributed by atoms with E-state index in [0.29, 0.717) is 6.04 Å². The highest BCUT2D eigenvalue weighted by atomic mass is 16.5.